The molecule has 1 aliphatic rings. The highest BCUT2D eigenvalue weighted by atomic mass is 15.2. The van der Waals surface area contributed by atoms with Gasteiger partial charge in [-0.2, -0.15) is 0 Å². The lowest BCUT2D eigenvalue weighted by Crippen LogP contribution is -2.29. The first-order chi connectivity index (χ1) is 14.4. The largest absolute Gasteiger partial charge is 0.338 e. The van der Waals surface area contributed by atoms with Crippen LogP contribution in [0.4, 0.5) is 11.4 Å². The van der Waals surface area contributed by atoms with Gasteiger partial charge in [-0.15, -0.1) is 6.58 Å². The van der Waals surface area contributed by atoms with E-state index < -0.39 is 0 Å². The summed E-state index contributed by atoms with van der Waals surface area (Å²) in [7, 11) is 0. The first-order valence-corrected chi connectivity index (χ1v) is 11.1. The van der Waals surface area contributed by atoms with Gasteiger partial charge >= 0.3 is 0 Å². The molecule has 1 heteroatoms. The van der Waals surface area contributed by atoms with Crippen molar-refractivity contribution in [2.24, 2.45) is 0 Å². The molecular weight excluding hydrogens is 362 g/mol. The van der Waals surface area contributed by atoms with Crippen LogP contribution in [0.3, 0.4) is 0 Å². The number of allylic oxidation sites excluding steroid dienone is 1. The summed E-state index contributed by atoms with van der Waals surface area (Å²) in [6.45, 7) is 15.5. The molecule has 0 radical (unpaired) electrons. The summed E-state index contributed by atoms with van der Waals surface area (Å²) in [4.78, 5) is 2.52. The molecule has 0 aromatic heterocycles. The maximum atomic E-state index is 4.04. The summed E-state index contributed by atoms with van der Waals surface area (Å²) in [6.07, 6.45) is 3.12. The average Bonchev–Trinajstić information content (AvgIpc) is 3.00. The molecule has 0 saturated carbocycles. The van der Waals surface area contributed by atoms with Gasteiger partial charge in [-0.1, -0.05) is 82.3 Å². The van der Waals surface area contributed by atoms with Gasteiger partial charge in [0.2, 0.25) is 0 Å². The minimum Gasteiger partial charge on any atom is -0.338 e. The van der Waals surface area contributed by atoms with Crippen LogP contribution in [-0.2, 0) is 5.41 Å². The van der Waals surface area contributed by atoms with E-state index in [2.05, 4.69) is 113 Å². The highest BCUT2D eigenvalue weighted by molar-refractivity contribution is 5.84. The zero-order valence-electron chi connectivity index (χ0n) is 18.9. The van der Waals surface area contributed by atoms with Crippen LogP contribution in [0.5, 0.6) is 0 Å². The quantitative estimate of drug-likeness (QED) is 0.380. The molecule has 3 aromatic rings. The van der Waals surface area contributed by atoms with E-state index >= 15 is 0 Å². The Labute approximate surface area is 182 Å². The van der Waals surface area contributed by atoms with Gasteiger partial charge in [0.05, 0.1) is 0 Å². The molecule has 4 rings (SSSR count). The second-order valence-corrected chi connectivity index (χ2v) is 9.11. The fourth-order valence-corrected chi connectivity index (χ4v) is 4.89. The number of anilines is 2. The molecule has 0 aliphatic heterocycles. The van der Waals surface area contributed by atoms with E-state index in [0.717, 1.165) is 6.42 Å². The summed E-state index contributed by atoms with van der Waals surface area (Å²) >= 11 is 0. The number of para-hydroxylation sites is 1. The summed E-state index contributed by atoms with van der Waals surface area (Å²) in [5.74, 6) is 0.307. The van der Waals surface area contributed by atoms with Gasteiger partial charge in [0.15, 0.2) is 0 Å². The highest BCUT2D eigenvalue weighted by Crippen LogP contribution is 2.50. The Bertz CT molecular complexity index is 1080. The zero-order valence-corrected chi connectivity index (χ0v) is 18.9. The monoisotopic (exact) mass is 395 g/mol. The Hall–Kier alpha value is -2.80. The van der Waals surface area contributed by atoms with Crippen molar-refractivity contribution in [3.05, 3.63) is 96.1 Å². The number of hydrogen-bond acceptors (Lipinski definition) is 1. The molecule has 30 heavy (non-hydrogen) atoms. The standard InChI is InChI=1S/C29H33N/c1-7-20(3)23-13-10-12-16-28(23)30(21(4)8-2)22-17-18-27-25(19-22)24-14-9-11-15-26(24)29(27,5)6/h7,9-21H,1,8H2,2-6H3. The topological polar surface area (TPSA) is 3.24 Å². The number of hydrogen-bond donors (Lipinski definition) is 0. The molecule has 0 saturated heterocycles. The molecule has 2 atom stereocenters. The van der Waals surface area contributed by atoms with Crippen LogP contribution in [-0.4, -0.2) is 6.04 Å². The van der Waals surface area contributed by atoms with E-state index in [1.807, 2.05) is 6.08 Å². The smallest absolute Gasteiger partial charge is 0.0451 e. The van der Waals surface area contributed by atoms with E-state index in [1.54, 1.807) is 0 Å². The third-order valence-electron chi connectivity index (χ3n) is 6.92. The van der Waals surface area contributed by atoms with Gasteiger partial charge in [-0.3, -0.25) is 0 Å². The van der Waals surface area contributed by atoms with Crippen molar-refractivity contribution in [2.45, 2.75) is 58.4 Å². The average molecular weight is 396 g/mol. The predicted octanol–water partition coefficient (Wildman–Crippen LogP) is 8.22. The molecule has 0 bridgehead atoms. The predicted molar refractivity (Wildman–Crippen MR) is 131 cm³/mol. The maximum absolute atomic E-state index is 4.04. The van der Waals surface area contributed by atoms with Crippen LogP contribution in [0, 0.1) is 0 Å². The molecular formula is C29H33N. The van der Waals surface area contributed by atoms with Gasteiger partial charge in [-0.05, 0) is 59.4 Å². The first kappa shape index (κ1) is 20.5. The van der Waals surface area contributed by atoms with Gasteiger partial charge < -0.3 is 4.90 Å². The molecule has 0 fully saturated rings. The van der Waals surface area contributed by atoms with Crippen molar-refractivity contribution >= 4 is 11.4 Å². The highest BCUT2D eigenvalue weighted by Gasteiger charge is 2.35. The van der Waals surface area contributed by atoms with Crippen LogP contribution in [0.2, 0.25) is 0 Å². The van der Waals surface area contributed by atoms with Crippen molar-refractivity contribution in [3.63, 3.8) is 0 Å². The molecule has 3 aromatic carbocycles. The van der Waals surface area contributed by atoms with Crippen molar-refractivity contribution < 1.29 is 0 Å². The Morgan fingerprint density at radius 2 is 1.57 bits per heavy atom. The number of fused-ring (bicyclic) bond motifs is 3. The lowest BCUT2D eigenvalue weighted by Gasteiger charge is -2.34. The summed E-state index contributed by atoms with van der Waals surface area (Å²) in [5.41, 5.74) is 9.50. The molecule has 0 N–H and O–H groups in total. The SMILES string of the molecule is C=CC(C)c1ccccc1N(c1ccc2c(c1)-c1ccccc1C2(C)C)C(C)CC. The molecule has 0 heterocycles. The summed E-state index contributed by atoms with van der Waals surface area (Å²) < 4.78 is 0. The maximum Gasteiger partial charge on any atom is 0.0451 e. The Balaban J connectivity index is 1.90. The van der Waals surface area contributed by atoms with Crippen LogP contribution < -0.4 is 4.90 Å². The Kier molecular flexibility index (Phi) is 5.32. The van der Waals surface area contributed by atoms with Crippen molar-refractivity contribution in [2.75, 3.05) is 4.90 Å². The molecule has 1 aliphatic carbocycles. The summed E-state index contributed by atoms with van der Waals surface area (Å²) in [6, 6.07) is 25.1. The van der Waals surface area contributed by atoms with E-state index in [1.165, 1.54) is 39.2 Å². The molecule has 0 spiro atoms. The van der Waals surface area contributed by atoms with Crippen LogP contribution >= 0.6 is 0 Å². The van der Waals surface area contributed by atoms with Crippen molar-refractivity contribution in [3.8, 4) is 11.1 Å². The van der Waals surface area contributed by atoms with E-state index in [4.69, 9.17) is 0 Å². The Morgan fingerprint density at radius 1 is 0.900 bits per heavy atom. The fourth-order valence-electron chi connectivity index (χ4n) is 4.89. The molecule has 1 nitrogen and oxygen atoms in total. The van der Waals surface area contributed by atoms with E-state index in [0.29, 0.717) is 12.0 Å². The minimum atomic E-state index is 0.0426. The van der Waals surface area contributed by atoms with Gasteiger partial charge in [-0.25, -0.2) is 0 Å². The lowest BCUT2D eigenvalue weighted by molar-refractivity contribution is 0.659. The van der Waals surface area contributed by atoms with E-state index in [-0.39, 0.29) is 5.41 Å². The van der Waals surface area contributed by atoms with E-state index in [9.17, 15) is 0 Å². The van der Waals surface area contributed by atoms with Crippen molar-refractivity contribution in [1.29, 1.82) is 0 Å². The second kappa shape index (κ2) is 7.80. The number of nitrogens with zero attached hydrogens (tertiary/aromatic N) is 1. The fraction of sp³-hybridized carbons (Fsp3) is 0.310. The Morgan fingerprint density at radius 3 is 2.30 bits per heavy atom. The number of rotatable bonds is 6. The van der Waals surface area contributed by atoms with Gasteiger partial charge in [0.1, 0.15) is 0 Å². The third-order valence-corrected chi connectivity index (χ3v) is 6.92. The number of benzene rings is 3. The minimum absolute atomic E-state index is 0.0426. The lowest BCUT2D eigenvalue weighted by atomic mass is 9.82. The van der Waals surface area contributed by atoms with Gasteiger partial charge in [0.25, 0.3) is 0 Å². The molecule has 154 valence electrons. The zero-order chi connectivity index (χ0) is 21.5. The first-order valence-electron chi connectivity index (χ1n) is 11.1. The van der Waals surface area contributed by atoms with Crippen LogP contribution in [0.1, 0.15) is 63.6 Å². The normalized spacial score (nSPS) is 15.8. The van der Waals surface area contributed by atoms with Gasteiger partial charge in [0, 0.05) is 28.7 Å². The van der Waals surface area contributed by atoms with Crippen LogP contribution in [0.25, 0.3) is 11.1 Å². The van der Waals surface area contributed by atoms with Crippen LogP contribution in [0.15, 0.2) is 79.4 Å². The third kappa shape index (κ3) is 3.17. The second-order valence-electron chi connectivity index (χ2n) is 9.11. The molecule has 2 unspecified atom stereocenters. The molecule has 0 amide bonds. The summed E-state index contributed by atoms with van der Waals surface area (Å²) in [5, 5.41) is 0. The van der Waals surface area contributed by atoms with Crippen molar-refractivity contribution in [1.82, 2.24) is 0 Å².